The second-order valence-corrected chi connectivity index (χ2v) is 7.19. The maximum Gasteiger partial charge on any atom is 0.0828 e. The van der Waals surface area contributed by atoms with Gasteiger partial charge in [-0.2, -0.15) is 0 Å². The van der Waals surface area contributed by atoms with Crippen LogP contribution < -0.4 is 0 Å². The summed E-state index contributed by atoms with van der Waals surface area (Å²) in [5, 5.41) is 10.6. The van der Waals surface area contributed by atoms with Gasteiger partial charge in [-0.1, -0.05) is 65.8 Å². The fraction of sp³-hybridized carbons (Fsp3) is 0.647. The van der Waals surface area contributed by atoms with Gasteiger partial charge in [-0.25, -0.2) is 0 Å². The van der Waals surface area contributed by atoms with Crippen LogP contribution >= 0.6 is 0 Å². The lowest BCUT2D eigenvalue weighted by atomic mass is 9.96. The van der Waals surface area contributed by atoms with Crippen molar-refractivity contribution in [2.24, 2.45) is 16.7 Å². The molecule has 1 aromatic rings. The molecule has 0 radical (unpaired) electrons. The van der Waals surface area contributed by atoms with Gasteiger partial charge in [0, 0.05) is 5.92 Å². The Morgan fingerprint density at radius 1 is 0.889 bits per heavy atom. The molecular weight excluding hydrogens is 220 g/mol. The van der Waals surface area contributed by atoms with E-state index in [4.69, 9.17) is 0 Å². The number of aliphatic hydroxyl groups excluding tert-OH is 1. The summed E-state index contributed by atoms with van der Waals surface area (Å²) in [6, 6.07) is 8.46. The summed E-state index contributed by atoms with van der Waals surface area (Å²) in [7, 11) is 0. The van der Waals surface area contributed by atoms with Crippen LogP contribution in [0.25, 0.3) is 0 Å². The Bertz CT molecular complexity index is 411. The van der Waals surface area contributed by atoms with Crippen LogP contribution in [-0.2, 0) is 0 Å². The molecule has 0 heterocycles. The highest BCUT2D eigenvalue weighted by atomic mass is 16.3. The van der Waals surface area contributed by atoms with Crippen molar-refractivity contribution in [3.63, 3.8) is 0 Å². The molecule has 2 rings (SSSR count). The van der Waals surface area contributed by atoms with Crippen molar-refractivity contribution in [1.82, 2.24) is 0 Å². The first kappa shape index (κ1) is 13.6. The predicted molar refractivity (Wildman–Crippen MR) is 76.5 cm³/mol. The van der Waals surface area contributed by atoms with Crippen molar-refractivity contribution in [2.45, 2.75) is 53.6 Å². The molecule has 0 bridgehead atoms. The Morgan fingerprint density at radius 2 is 1.28 bits per heavy atom. The van der Waals surface area contributed by atoms with Gasteiger partial charge in [0.05, 0.1) is 6.10 Å². The molecule has 0 aliphatic heterocycles. The van der Waals surface area contributed by atoms with Crippen molar-refractivity contribution < 1.29 is 5.11 Å². The molecule has 1 aliphatic carbocycles. The average molecular weight is 246 g/mol. The van der Waals surface area contributed by atoms with E-state index in [-0.39, 0.29) is 16.9 Å². The monoisotopic (exact) mass is 246 g/mol. The second-order valence-electron chi connectivity index (χ2n) is 7.19. The standard InChI is InChI=1S/C17H26O/c1-11(2)12-7-9-13(10-8-12)14(18)15-16(3,4)17(15,5)6/h7-11,14-15,18H,1-6H3. The Labute approximate surface area is 111 Å². The molecule has 18 heavy (non-hydrogen) atoms. The van der Waals surface area contributed by atoms with Crippen molar-refractivity contribution in [1.29, 1.82) is 0 Å². The third-order valence-corrected chi connectivity index (χ3v) is 5.39. The molecule has 1 N–H and O–H groups in total. The SMILES string of the molecule is CC(C)c1ccc(C(O)C2C(C)(C)C2(C)C)cc1. The van der Waals surface area contributed by atoms with E-state index in [1.807, 2.05) is 0 Å². The van der Waals surface area contributed by atoms with E-state index in [1.54, 1.807) is 0 Å². The first-order valence-electron chi connectivity index (χ1n) is 6.97. The van der Waals surface area contributed by atoms with Gasteiger partial charge in [-0.15, -0.1) is 0 Å². The van der Waals surface area contributed by atoms with Gasteiger partial charge in [0.25, 0.3) is 0 Å². The number of benzene rings is 1. The Balaban J connectivity index is 2.19. The molecule has 0 aromatic heterocycles. The molecule has 1 saturated carbocycles. The molecule has 0 amide bonds. The van der Waals surface area contributed by atoms with Crippen LogP contribution in [0.3, 0.4) is 0 Å². The van der Waals surface area contributed by atoms with Gasteiger partial charge in [-0.3, -0.25) is 0 Å². The fourth-order valence-corrected chi connectivity index (χ4v) is 3.31. The second kappa shape index (κ2) is 4.09. The molecular formula is C17H26O. The minimum Gasteiger partial charge on any atom is -0.388 e. The van der Waals surface area contributed by atoms with Crippen molar-refractivity contribution in [3.8, 4) is 0 Å². The molecule has 1 aliphatic rings. The van der Waals surface area contributed by atoms with E-state index in [1.165, 1.54) is 5.56 Å². The fourth-order valence-electron chi connectivity index (χ4n) is 3.31. The molecule has 0 saturated heterocycles. The lowest BCUT2D eigenvalue weighted by molar-refractivity contribution is 0.130. The summed E-state index contributed by atoms with van der Waals surface area (Å²) in [4.78, 5) is 0. The zero-order chi connectivity index (χ0) is 13.7. The van der Waals surface area contributed by atoms with Gasteiger partial charge in [0.1, 0.15) is 0 Å². The summed E-state index contributed by atoms with van der Waals surface area (Å²) in [5.74, 6) is 0.903. The van der Waals surface area contributed by atoms with E-state index in [0.29, 0.717) is 11.8 Å². The highest BCUT2D eigenvalue weighted by molar-refractivity contribution is 5.29. The largest absolute Gasteiger partial charge is 0.388 e. The summed E-state index contributed by atoms with van der Waals surface area (Å²) in [5.41, 5.74) is 2.84. The van der Waals surface area contributed by atoms with E-state index in [0.717, 1.165) is 5.56 Å². The first-order chi connectivity index (χ1) is 8.19. The van der Waals surface area contributed by atoms with Crippen LogP contribution in [0, 0.1) is 16.7 Å². The van der Waals surface area contributed by atoms with Crippen LogP contribution in [-0.4, -0.2) is 5.11 Å². The maximum atomic E-state index is 10.6. The van der Waals surface area contributed by atoms with E-state index >= 15 is 0 Å². The number of hydrogen-bond acceptors (Lipinski definition) is 1. The Hall–Kier alpha value is -0.820. The van der Waals surface area contributed by atoms with E-state index < -0.39 is 0 Å². The quantitative estimate of drug-likeness (QED) is 0.831. The lowest BCUT2D eigenvalue weighted by Crippen LogP contribution is -2.05. The summed E-state index contributed by atoms with van der Waals surface area (Å²) < 4.78 is 0. The van der Waals surface area contributed by atoms with Crippen LogP contribution in [0.15, 0.2) is 24.3 Å². The van der Waals surface area contributed by atoms with Crippen LogP contribution in [0.1, 0.15) is 64.7 Å². The van der Waals surface area contributed by atoms with Gasteiger partial charge in [0.15, 0.2) is 0 Å². The lowest BCUT2D eigenvalue weighted by Gasteiger charge is -2.14. The van der Waals surface area contributed by atoms with Gasteiger partial charge >= 0.3 is 0 Å². The van der Waals surface area contributed by atoms with Gasteiger partial charge < -0.3 is 5.11 Å². The highest BCUT2D eigenvalue weighted by Gasteiger charge is 2.67. The van der Waals surface area contributed by atoms with E-state index in [9.17, 15) is 5.11 Å². The molecule has 1 fully saturated rings. The molecule has 1 unspecified atom stereocenters. The molecule has 1 aromatic carbocycles. The predicted octanol–water partition coefficient (Wildman–Crippen LogP) is 4.53. The minimum absolute atomic E-state index is 0.225. The van der Waals surface area contributed by atoms with Crippen LogP contribution in [0.2, 0.25) is 0 Å². The van der Waals surface area contributed by atoms with Crippen molar-refractivity contribution in [3.05, 3.63) is 35.4 Å². The van der Waals surface area contributed by atoms with Crippen molar-refractivity contribution in [2.75, 3.05) is 0 Å². The normalized spacial score (nSPS) is 23.1. The smallest absolute Gasteiger partial charge is 0.0828 e. The third kappa shape index (κ3) is 1.89. The van der Waals surface area contributed by atoms with Crippen molar-refractivity contribution >= 4 is 0 Å². The molecule has 1 atom stereocenters. The zero-order valence-corrected chi connectivity index (χ0v) is 12.5. The number of aliphatic hydroxyl groups is 1. The van der Waals surface area contributed by atoms with Crippen LogP contribution in [0.5, 0.6) is 0 Å². The minimum atomic E-state index is -0.337. The topological polar surface area (TPSA) is 20.2 Å². The Morgan fingerprint density at radius 3 is 1.61 bits per heavy atom. The first-order valence-corrected chi connectivity index (χ1v) is 6.97. The molecule has 0 spiro atoms. The summed E-state index contributed by atoms with van der Waals surface area (Å²) in [6.07, 6.45) is -0.337. The molecule has 100 valence electrons. The maximum absolute atomic E-state index is 10.6. The highest BCUT2D eigenvalue weighted by Crippen LogP contribution is 2.72. The molecule has 1 nitrogen and oxygen atoms in total. The summed E-state index contributed by atoms with van der Waals surface area (Å²) >= 11 is 0. The Kier molecular flexibility index (Phi) is 3.09. The third-order valence-electron chi connectivity index (χ3n) is 5.39. The summed E-state index contributed by atoms with van der Waals surface area (Å²) in [6.45, 7) is 13.4. The van der Waals surface area contributed by atoms with E-state index in [2.05, 4.69) is 65.8 Å². The van der Waals surface area contributed by atoms with Gasteiger partial charge in [0.2, 0.25) is 0 Å². The average Bonchev–Trinajstić information content (AvgIpc) is 2.69. The number of rotatable bonds is 3. The zero-order valence-electron chi connectivity index (χ0n) is 12.5. The molecule has 1 heteroatoms. The van der Waals surface area contributed by atoms with Gasteiger partial charge in [-0.05, 0) is 27.9 Å². The number of hydrogen-bond donors (Lipinski definition) is 1. The van der Waals surface area contributed by atoms with Crippen LogP contribution in [0.4, 0.5) is 0 Å².